The van der Waals surface area contributed by atoms with E-state index in [2.05, 4.69) is 18.1 Å². The summed E-state index contributed by atoms with van der Waals surface area (Å²) in [4.78, 5) is 15.9. The molecule has 2 N–H and O–H groups in total. The summed E-state index contributed by atoms with van der Waals surface area (Å²) >= 11 is 0. The molecule has 0 unspecified atom stereocenters. The third-order valence-corrected chi connectivity index (χ3v) is 2.11. The highest BCUT2D eigenvalue weighted by atomic mass is 16.6. The lowest BCUT2D eigenvalue weighted by Gasteiger charge is -2.20. The average Bonchev–Trinajstić information content (AvgIpc) is 2.28. The van der Waals surface area contributed by atoms with Crippen LogP contribution >= 0.6 is 0 Å². The van der Waals surface area contributed by atoms with Crippen molar-refractivity contribution in [2.75, 3.05) is 23.7 Å². The van der Waals surface area contributed by atoms with Gasteiger partial charge in [-0.1, -0.05) is 12.2 Å². The molecule has 1 rings (SSSR count). The van der Waals surface area contributed by atoms with E-state index in [1.54, 1.807) is 18.2 Å². The first-order chi connectivity index (χ1) is 8.10. The van der Waals surface area contributed by atoms with Gasteiger partial charge < -0.3 is 10.6 Å². The van der Waals surface area contributed by atoms with Crippen LogP contribution in [0.2, 0.25) is 0 Å². The second kappa shape index (κ2) is 5.64. The van der Waals surface area contributed by atoms with E-state index in [-0.39, 0.29) is 11.5 Å². The molecule has 0 aliphatic carbocycles. The Bertz CT molecular complexity index is 435. The Labute approximate surface area is 99.2 Å². The zero-order valence-electron chi connectivity index (χ0n) is 9.37. The molecule has 0 fully saturated rings. The topological polar surface area (TPSA) is 85.3 Å². The first-order valence-electron chi connectivity index (χ1n) is 4.97. The van der Waals surface area contributed by atoms with Gasteiger partial charge in [-0.15, -0.1) is 13.2 Å². The lowest BCUT2D eigenvalue weighted by atomic mass is 10.3. The number of aromatic nitrogens is 1. The Morgan fingerprint density at radius 1 is 1.41 bits per heavy atom. The SMILES string of the molecule is C=CCN(CC=C)c1ccc([N+](=O)[O-])c(N)n1. The largest absolute Gasteiger partial charge is 0.378 e. The van der Waals surface area contributed by atoms with E-state index in [1.165, 1.54) is 6.07 Å². The molecular weight excluding hydrogens is 220 g/mol. The van der Waals surface area contributed by atoms with Crippen molar-refractivity contribution in [1.82, 2.24) is 4.98 Å². The van der Waals surface area contributed by atoms with Gasteiger partial charge in [-0.05, 0) is 6.07 Å². The van der Waals surface area contributed by atoms with Crippen molar-refractivity contribution in [3.63, 3.8) is 0 Å². The first-order valence-corrected chi connectivity index (χ1v) is 4.97. The molecule has 0 saturated carbocycles. The van der Waals surface area contributed by atoms with Gasteiger partial charge in [0.15, 0.2) is 0 Å². The van der Waals surface area contributed by atoms with Gasteiger partial charge in [0.2, 0.25) is 5.82 Å². The number of anilines is 2. The predicted molar refractivity (Wildman–Crippen MR) is 67.9 cm³/mol. The average molecular weight is 234 g/mol. The molecule has 1 heterocycles. The first kappa shape index (κ1) is 12.7. The van der Waals surface area contributed by atoms with E-state index < -0.39 is 4.92 Å². The third-order valence-electron chi connectivity index (χ3n) is 2.11. The van der Waals surface area contributed by atoms with Crippen LogP contribution in [-0.4, -0.2) is 23.0 Å². The summed E-state index contributed by atoms with van der Waals surface area (Å²) in [6.07, 6.45) is 3.42. The van der Waals surface area contributed by atoms with Crippen LogP contribution < -0.4 is 10.6 Å². The lowest BCUT2D eigenvalue weighted by molar-refractivity contribution is -0.384. The van der Waals surface area contributed by atoms with E-state index >= 15 is 0 Å². The highest BCUT2D eigenvalue weighted by molar-refractivity contribution is 5.58. The smallest absolute Gasteiger partial charge is 0.311 e. The van der Waals surface area contributed by atoms with Crippen LogP contribution in [0.5, 0.6) is 0 Å². The van der Waals surface area contributed by atoms with Crippen LogP contribution in [0.4, 0.5) is 17.3 Å². The number of rotatable bonds is 6. The lowest BCUT2D eigenvalue weighted by Crippen LogP contribution is -2.24. The van der Waals surface area contributed by atoms with Crippen LogP contribution in [0.3, 0.4) is 0 Å². The van der Waals surface area contributed by atoms with Crippen LogP contribution in [-0.2, 0) is 0 Å². The fourth-order valence-corrected chi connectivity index (χ4v) is 1.36. The molecule has 6 nitrogen and oxygen atoms in total. The monoisotopic (exact) mass is 234 g/mol. The van der Waals surface area contributed by atoms with Crippen LogP contribution in [0.1, 0.15) is 0 Å². The molecule has 0 aromatic carbocycles. The number of hydrogen-bond donors (Lipinski definition) is 1. The molecule has 90 valence electrons. The van der Waals surface area contributed by atoms with Gasteiger partial charge in [0.05, 0.1) is 4.92 Å². The van der Waals surface area contributed by atoms with Crippen molar-refractivity contribution in [1.29, 1.82) is 0 Å². The number of pyridine rings is 1. The quantitative estimate of drug-likeness (QED) is 0.460. The molecule has 1 aromatic heterocycles. The van der Waals surface area contributed by atoms with Crippen LogP contribution in [0.25, 0.3) is 0 Å². The molecule has 0 spiro atoms. The minimum absolute atomic E-state index is 0.0920. The molecule has 0 radical (unpaired) electrons. The molecular formula is C11H14N4O2. The maximum atomic E-state index is 10.6. The molecule has 0 aliphatic rings. The van der Waals surface area contributed by atoms with E-state index in [0.29, 0.717) is 18.9 Å². The van der Waals surface area contributed by atoms with Gasteiger partial charge in [0.1, 0.15) is 5.82 Å². The second-order valence-electron chi connectivity index (χ2n) is 3.31. The van der Waals surface area contributed by atoms with Crippen LogP contribution in [0, 0.1) is 10.1 Å². The third kappa shape index (κ3) is 3.04. The Kier molecular flexibility index (Phi) is 4.21. The van der Waals surface area contributed by atoms with Crippen molar-refractivity contribution >= 4 is 17.3 Å². The minimum atomic E-state index is -0.558. The summed E-state index contributed by atoms with van der Waals surface area (Å²) in [5.41, 5.74) is 5.33. The highest BCUT2D eigenvalue weighted by Crippen LogP contribution is 2.22. The summed E-state index contributed by atoms with van der Waals surface area (Å²) in [5.74, 6) is 0.471. The number of hydrogen-bond acceptors (Lipinski definition) is 5. The summed E-state index contributed by atoms with van der Waals surface area (Å²) in [6, 6.07) is 2.90. The van der Waals surface area contributed by atoms with Gasteiger partial charge >= 0.3 is 5.69 Å². The number of nitro groups is 1. The summed E-state index contributed by atoms with van der Waals surface area (Å²) in [7, 11) is 0. The van der Waals surface area contributed by atoms with Gasteiger partial charge in [0, 0.05) is 19.2 Å². The van der Waals surface area contributed by atoms with E-state index in [4.69, 9.17) is 5.73 Å². The summed E-state index contributed by atoms with van der Waals surface area (Å²) in [6.45, 7) is 8.40. The van der Waals surface area contributed by atoms with Gasteiger partial charge in [-0.2, -0.15) is 0 Å². The maximum absolute atomic E-state index is 10.6. The number of nitrogens with zero attached hydrogens (tertiary/aromatic N) is 3. The zero-order chi connectivity index (χ0) is 12.8. The molecule has 17 heavy (non-hydrogen) atoms. The maximum Gasteiger partial charge on any atom is 0.311 e. The van der Waals surface area contributed by atoms with Crippen LogP contribution in [0.15, 0.2) is 37.4 Å². The Morgan fingerprint density at radius 3 is 2.41 bits per heavy atom. The molecule has 6 heteroatoms. The van der Waals surface area contributed by atoms with E-state index in [1.807, 2.05) is 4.90 Å². The number of nitrogen functional groups attached to an aromatic ring is 1. The molecule has 0 saturated heterocycles. The van der Waals surface area contributed by atoms with Crippen molar-refractivity contribution in [2.24, 2.45) is 0 Å². The zero-order valence-corrected chi connectivity index (χ0v) is 9.37. The Balaban J connectivity index is 3.04. The predicted octanol–water partition coefficient (Wildman–Crippen LogP) is 1.75. The summed E-state index contributed by atoms with van der Waals surface area (Å²) < 4.78 is 0. The molecule has 0 amide bonds. The van der Waals surface area contributed by atoms with E-state index in [0.717, 1.165) is 0 Å². The van der Waals surface area contributed by atoms with Gasteiger partial charge in [-0.3, -0.25) is 10.1 Å². The molecule has 1 aromatic rings. The molecule has 0 bridgehead atoms. The van der Waals surface area contributed by atoms with Gasteiger partial charge in [0.25, 0.3) is 0 Å². The second-order valence-corrected chi connectivity index (χ2v) is 3.31. The summed E-state index contributed by atoms with van der Waals surface area (Å²) in [5, 5.41) is 10.6. The van der Waals surface area contributed by atoms with E-state index in [9.17, 15) is 10.1 Å². The highest BCUT2D eigenvalue weighted by Gasteiger charge is 2.14. The Morgan fingerprint density at radius 2 is 2.00 bits per heavy atom. The molecule has 0 atom stereocenters. The number of nitrogens with two attached hydrogens (primary N) is 1. The standard InChI is InChI=1S/C11H14N4O2/c1-3-7-14(8-4-2)10-6-5-9(15(16)17)11(12)13-10/h3-6H,1-2,7-8H2,(H2,12,13). The minimum Gasteiger partial charge on any atom is -0.378 e. The fourth-order valence-electron chi connectivity index (χ4n) is 1.36. The van der Waals surface area contributed by atoms with Crippen molar-refractivity contribution in [3.05, 3.63) is 47.6 Å². The fraction of sp³-hybridized carbons (Fsp3) is 0.182. The van der Waals surface area contributed by atoms with Gasteiger partial charge in [-0.25, -0.2) is 4.98 Å². The van der Waals surface area contributed by atoms with Crippen molar-refractivity contribution in [2.45, 2.75) is 0 Å². The molecule has 0 aliphatic heterocycles. The normalized spacial score (nSPS) is 9.65. The van der Waals surface area contributed by atoms with Crippen molar-refractivity contribution in [3.8, 4) is 0 Å². The Hall–Kier alpha value is -2.37. The van der Waals surface area contributed by atoms with Crippen molar-refractivity contribution < 1.29 is 4.92 Å².